The molecule has 3 heterocycles. The highest BCUT2D eigenvalue weighted by Gasteiger charge is 2.31. The van der Waals surface area contributed by atoms with Gasteiger partial charge in [-0.25, -0.2) is 0 Å². The van der Waals surface area contributed by atoms with E-state index >= 15 is 0 Å². The summed E-state index contributed by atoms with van der Waals surface area (Å²) in [5.41, 5.74) is 1.16. The Hall–Kier alpha value is -2.02. The van der Waals surface area contributed by atoms with Gasteiger partial charge in [0.15, 0.2) is 5.82 Å². The molecule has 1 saturated heterocycles. The van der Waals surface area contributed by atoms with Crippen LogP contribution in [0.2, 0.25) is 0 Å². The molecule has 4 rings (SSSR count). The number of likely N-dealkylation sites (N-methyl/N-ethyl adjacent to an activating group) is 1. The zero-order valence-electron chi connectivity index (χ0n) is 12.8. The third-order valence-corrected chi connectivity index (χ3v) is 4.63. The second kappa shape index (κ2) is 5.64. The first-order chi connectivity index (χ1) is 10.8. The normalized spacial score (nSPS) is 18.7. The number of aromatic nitrogens is 5. The van der Waals surface area contributed by atoms with E-state index < -0.39 is 0 Å². The molecular weight excluding hydrogens is 278 g/mol. The lowest BCUT2D eigenvalue weighted by Gasteiger charge is -2.44. The van der Waals surface area contributed by atoms with Crippen molar-refractivity contribution in [3.05, 3.63) is 30.2 Å². The van der Waals surface area contributed by atoms with Gasteiger partial charge < -0.3 is 4.90 Å². The van der Waals surface area contributed by atoms with Gasteiger partial charge in [-0.2, -0.15) is 5.10 Å². The van der Waals surface area contributed by atoms with E-state index in [1.807, 2.05) is 10.9 Å². The first-order valence-electron chi connectivity index (χ1n) is 7.92. The lowest BCUT2D eigenvalue weighted by molar-refractivity contribution is 0.194. The lowest BCUT2D eigenvalue weighted by atomic mass is 10.1. The standard InChI is InChI=1S/C15H21N7/c1-20(8-9-22-7-6-16-19-22)13-10-21(11-13)15-5-4-14(17-18-15)12-2-3-12/h4-7,12-13H,2-3,8-11H2,1H3. The number of rotatable bonds is 6. The number of anilines is 1. The smallest absolute Gasteiger partial charge is 0.151 e. The van der Waals surface area contributed by atoms with E-state index in [2.05, 4.69) is 49.5 Å². The highest BCUT2D eigenvalue weighted by Crippen LogP contribution is 2.38. The summed E-state index contributed by atoms with van der Waals surface area (Å²) in [5.74, 6) is 1.68. The Balaban J connectivity index is 1.26. The van der Waals surface area contributed by atoms with Gasteiger partial charge in [-0.1, -0.05) is 5.21 Å². The third-order valence-electron chi connectivity index (χ3n) is 4.63. The molecule has 1 saturated carbocycles. The molecule has 0 aromatic carbocycles. The summed E-state index contributed by atoms with van der Waals surface area (Å²) < 4.78 is 1.87. The fourth-order valence-electron chi connectivity index (χ4n) is 2.82. The van der Waals surface area contributed by atoms with Crippen LogP contribution in [-0.2, 0) is 6.54 Å². The van der Waals surface area contributed by atoms with Crippen molar-refractivity contribution >= 4 is 5.82 Å². The third kappa shape index (κ3) is 2.81. The molecular formula is C15H21N7. The minimum atomic E-state index is 0.577. The van der Waals surface area contributed by atoms with Gasteiger partial charge in [-0.3, -0.25) is 9.58 Å². The van der Waals surface area contributed by atoms with Gasteiger partial charge in [0.25, 0.3) is 0 Å². The van der Waals surface area contributed by atoms with Crippen LogP contribution in [0.4, 0.5) is 5.82 Å². The van der Waals surface area contributed by atoms with Crippen molar-refractivity contribution in [2.24, 2.45) is 0 Å². The zero-order chi connectivity index (χ0) is 14.9. The van der Waals surface area contributed by atoms with Crippen molar-refractivity contribution in [3.63, 3.8) is 0 Å². The molecule has 0 bridgehead atoms. The quantitative estimate of drug-likeness (QED) is 0.785. The SMILES string of the molecule is CN(CCn1ccnn1)C1CN(c2ccc(C3CC3)nn2)C1. The fraction of sp³-hybridized carbons (Fsp3) is 0.600. The maximum absolute atomic E-state index is 4.38. The predicted octanol–water partition coefficient (Wildman–Crippen LogP) is 0.766. The Morgan fingerprint density at radius 2 is 2.09 bits per heavy atom. The second-order valence-corrected chi connectivity index (χ2v) is 6.30. The van der Waals surface area contributed by atoms with Crippen molar-refractivity contribution in [2.45, 2.75) is 31.3 Å². The van der Waals surface area contributed by atoms with Crippen LogP contribution < -0.4 is 4.90 Å². The summed E-state index contributed by atoms with van der Waals surface area (Å²) in [6.45, 7) is 3.90. The Morgan fingerprint density at radius 1 is 1.23 bits per heavy atom. The van der Waals surface area contributed by atoms with Gasteiger partial charge >= 0.3 is 0 Å². The molecule has 2 aliphatic rings. The second-order valence-electron chi connectivity index (χ2n) is 6.30. The van der Waals surface area contributed by atoms with E-state index in [0.717, 1.165) is 37.7 Å². The van der Waals surface area contributed by atoms with Crippen molar-refractivity contribution < 1.29 is 0 Å². The Labute approximate surface area is 129 Å². The van der Waals surface area contributed by atoms with Gasteiger partial charge in [0, 0.05) is 37.8 Å². The Kier molecular flexibility index (Phi) is 3.49. The Morgan fingerprint density at radius 3 is 2.73 bits per heavy atom. The van der Waals surface area contributed by atoms with Crippen LogP contribution >= 0.6 is 0 Å². The molecule has 0 radical (unpaired) electrons. The average molecular weight is 299 g/mol. The molecule has 0 unspecified atom stereocenters. The molecule has 2 fully saturated rings. The summed E-state index contributed by atoms with van der Waals surface area (Å²) in [6.07, 6.45) is 6.17. The molecule has 2 aromatic heterocycles. The topological polar surface area (TPSA) is 63.0 Å². The average Bonchev–Trinajstić information content (AvgIpc) is 3.21. The van der Waals surface area contributed by atoms with E-state index in [4.69, 9.17) is 0 Å². The molecule has 1 aliphatic carbocycles. The molecule has 7 nitrogen and oxygen atoms in total. The van der Waals surface area contributed by atoms with Crippen LogP contribution in [0.5, 0.6) is 0 Å². The fourth-order valence-corrected chi connectivity index (χ4v) is 2.82. The van der Waals surface area contributed by atoms with Gasteiger partial charge in [-0.05, 0) is 32.0 Å². The van der Waals surface area contributed by atoms with E-state index in [-0.39, 0.29) is 0 Å². The van der Waals surface area contributed by atoms with E-state index in [1.54, 1.807) is 6.20 Å². The van der Waals surface area contributed by atoms with Crippen LogP contribution in [0.25, 0.3) is 0 Å². The molecule has 116 valence electrons. The predicted molar refractivity (Wildman–Crippen MR) is 82.7 cm³/mol. The summed E-state index contributed by atoms with van der Waals surface area (Å²) in [6, 6.07) is 4.84. The van der Waals surface area contributed by atoms with Gasteiger partial charge in [0.05, 0.1) is 18.4 Å². The maximum Gasteiger partial charge on any atom is 0.151 e. The van der Waals surface area contributed by atoms with Crippen LogP contribution in [0.1, 0.15) is 24.5 Å². The highest BCUT2D eigenvalue weighted by atomic mass is 15.4. The largest absolute Gasteiger partial charge is 0.352 e. The molecule has 0 N–H and O–H groups in total. The Bertz CT molecular complexity index is 599. The number of nitrogens with zero attached hydrogens (tertiary/aromatic N) is 7. The monoisotopic (exact) mass is 299 g/mol. The van der Waals surface area contributed by atoms with E-state index in [0.29, 0.717) is 12.0 Å². The molecule has 1 aliphatic heterocycles. The first-order valence-corrected chi connectivity index (χ1v) is 7.92. The molecule has 2 aromatic rings. The number of hydrogen-bond donors (Lipinski definition) is 0. The summed E-state index contributed by atoms with van der Waals surface area (Å²) >= 11 is 0. The molecule has 7 heteroatoms. The highest BCUT2D eigenvalue weighted by molar-refractivity contribution is 5.42. The minimum absolute atomic E-state index is 0.577. The van der Waals surface area contributed by atoms with Crippen LogP contribution in [-0.4, -0.2) is 62.8 Å². The molecule has 22 heavy (non-hydrogen) atoms. The van der Waals surface area contributed by atoms with Crippen LogP contribution in [0.3, 0.4) is 0 Å². The van der Waals surface area contributed by atoms with Crippen LogP contribution in [0, 0.1) is 0 Å². The molecule has 0 spiro atoms. The van der Waals surface area contributed by atoms with E-state index in [9.17, 15) is 0 Å². The van der Waals surface area contributed by atoms with Gasteiger partial charge in [0.1, 0.15) is 0 Å². The van der Waals surface area contributed by atoms with Gasteiger partial charge in [-0.15, -0.1) is 10.2 Å². The molecule has 0 atom stereocenters. The van der Waals surface area contributed by atoms with E-state index in [1.165, 1.54) is 12.8 Å². The van der Waals surface area contributed by atoms with Gasteiger partial charge in [0.2, 0.25) is 0 Å². The van der Waals surface area contributed by atoms with Crippen molar-refractivity contribution in [2.75, 3.05) is 31.6 Å². The maximum atomic E-state index is 4.38. The lowest BCUT2D eigenvalue weighted by Crippen LogP contribution is -2.59. The minimum Gasteiger partial charge on any atom is -0.352 e. The number of hydrogen-bond acceptors (Lipinski definition) is 6. The summed E-state index contributed by atoms with van der Waals surface area (Å²) in [4.78, 5) is 4.67. The first kappa shape index (κ1) is 13.6. The van der Waals surface area contributed by atoms with Crippen molar-refractivity contribution in [3.8, 4) is 0 Å². The zero-order valence-corrected chi connectivity index (χ0v) is 12.8. The summed E-state index contributed by atoms with van der Waals surface area (Å²) in [7, 11) is 2.17. The van der Waals surface area contributed by atoms with Crippen molar-refractivity contribution in [1.29, 1.82) is 0 Å². The summed E-state index contributed by atoms with van der Waals surface area (Å²) in [5, 5.41) is 16.6. The molecule has 0 amide bonds. The van der Waals surface area contributed by atoms with Crippen LogP contribution in [0.15, 0.2) is 24.5 Å². The van der Waals surface area contributed by atoms with Crippen molar-refractivity contribution in [1.82, 2.24) is 30.1 Å².